The first-order chi connectivity index (χ1) is 8.06. The molecule has 1 aromatic carbocycles. The van der Waals surface area contributed by atoms with Crippen molar-refractivity contribution >= 4 is 11.6 Å². The Bertz CT molecular complexity index is 466. The second-order valence-electron chi connectivity index (χ2n) is 5.13. The molecule has 1 aliphatic rings. The Hall–Kier alpha value is -1.07. The summed E-state index contributed by atoms with van der Waals surface area (Å²) in [6.45, 7) is 2.16. The lowest BCUT2D eigenvalue weighted by atomic mass is 9.81. The fourth-order valence-electron chi connectivity index (χ4n) is 2.75. The van der Waals surface area contributed by atoms with Crippen LogP contribution in [0.2, 0.25) is 5.02 Å². The maximum atomic E-state index is 13.3. The van der Waals surface area contributed by atoms with Crippen molar-refractivity contribution in [2.24, 2.45) is 11.3 Å². The molecule has 0 spiro atoms. The van der Waals surface area contributed by atoms with Crippen LogP contribution in [-0.4, -0.2) is 0 Å². The maximum Gasteiger partial charge on any atom is 0.142 e. The van der Waals surface area contributed by atoms with Gasteiger partial charge in [0.1, 0.15) is 5.82 Å². The lowest BCUT2D eigenvalue weighted by Gasteiger charge is -2.21. The highest BCUT2D eigenvalue weighted by atomic mass is 35.5. The molecule has 0 radical (unpaired) electrons. The van der Waals surface area contributed by atoms with E-state index in [9.17, 15) is 9.65 Å². The zero-order valence-corrected chi connectivity index (χ0v) is 10.6. The molecule has 17 heavy (non-hydrogen) atoms. The van der Waals surface area contributed by atoms with Gasteiger partial charge in [0.25, 0.3) is 0 Å². The zero-order valence-electron chi connectivity index (χ0n) is 9.84. The summed E-state index contributed by atoms with van der Waals surface area (Å²) in [4.78, 5) is 0. The predicted molar refractivity (Wildman–Crippen MR) is 66.2 cm³/mol. The summed E-state index contributed by atoms with van der Waals surface area (Å²) in [5.41, 5.74) is 0.402. The van der Waals surface area contributed by atoms with Crippen molar-refractivity contribution < 1.29 is 4.39 Å². The molecule has 2 rings (SSSR count). The van der Waals surface area contributed by atoms with Crippen molar-refractivity contribution in [1.82, 2.24) is 0 Å². The van der Waals surface area contributed by atoms with E-state index in [0.29, 0.717) is 12.3 Å². The number of halogens is 2. The van der Waals surface area contributed by atoms with E-state index in [1.807, 2.05) is 6.07 Å². The van der Waals surface area contributed by atoms with Gasteiger partial charge in [-0.3, -0.25) is 0 Å². The molecule has 0 N–H and O–H groups in total. The van der Waals surface area contributed by atoms with E-state index < -0.39 is 5.82 Å². The van der Waals surface area contributed by atoms with E-state index >= 15 is 0 Å². The second-order valence-corrected chi connectivity index (χ2v) is 5.51. The van der Waals surface area contributed by atoms with Crippen molar-refractivity contribution in [3.63, 3.8) is 0 Å². The van der Waals surface area contributed by atoms with Gasteiger partial charge in [-0.15, -0.1) is 0 Å². The summed E-state index contributed by atoms with van der Waals surface area (Å²) in [5, 5.41) is 9.54. The summed E-state index contributed by atoms with van der Waals surface area (Å²) in [6, 6.07) is 7.24. The van der Waals surface area contributed by atoms with Gasteiger partial charge in [0, 0.05) is 0 Å². The number of rotatable bonds is 2. The van der Waals surface area contributed by atoms with Gasteiger partial charge in [0.15, 0.2) is 0 Å². The van der Waals surface area contributed by atoms with Gasteiger partial charge in [-0.1, -0.05) is 30.7 Å². The van der Waals surface area contributed by atoms with Crippen LogP contribution in [0.4, 0.5) is 4.39 Å². The molecule has 0 aromatic heterocycles. The molecule has 2 atom stereocenters. The van der Waals surface area contributed by atoms with Gasteiger partial charge in [-0.25, -0.2) is 4.39 Å². The highest BCUT2D eigenvalue weighted by molar-refractivity contribution is 6.31. The third-order valence-corrected chi connectivity index (χ3v) is 4.08. The van der Waals surface area contributed by atoms with E-state index in [1.54, 1.807) is 6.07 Å². The van der Waals surface area contributed by atoms with Crippen LogP contribution < -0.4 is 0 Å². The lowest BCUT2D eigenvalue weighted by Crippen LogP contribution is -2.18. The van der Waals surface area contributed by atoms with Crippen LogP contribution in [0, 0.1) is 28.5 Å². The van der Waals surface area contributed by atoms with Gasteiger partial charge < -0.3 is 0 Å². The topological polar surface area (TPSA) is 23.8 Å². The van der Waals surface area contributed by atoms with Gasteiger partial charge in [-0.05, 0) is 43.2 Å². The van der Waals surface area contributed by atoms with Crippen molar-refractivity contribution in [2.45, 2.75) is 32.6 Å². The van der Waals surface area contributed by atoms with E-state index in [1.165, 1.54) is 6.07 Å². The Kier molecular flexibility index (Phi) is 3.40. The third kappa shape index (κ3) is 2.45. The van der Waals surface area contributed by atoms with Crippen LogP contribution in [0.5, 0.6) is 0 Å². The van der Waals surface area contributed by atoms with E-state index in [-0.39, 0.29) is 10.4 Å². The van der Waals surface area contributed by atoms with Crippen LogP contribution in [0.15, 0.2) is 18.2 Å². The molecular formula is C14H15ClFN. The van der Waals surface area contributed by atoms with Crippen LogP contribution in [0.1, 0.15) is 31.7 Å². The Morgan fingerprint density at radius 3 is 2.94 bits per heavy atom. The van der Waals surface area contributed by atoms with Crippen LogP contribution >= 0.6 is 11.6 Å². The summed E-state index contributed by atoms with van der Waals surface area (Å²) in [5.74, 6) is 0.172. The zero-order chi connectivity index (χ0) is 12.5. The number of benzene rings is 1. The van der Waals surface area contributed by atoms with Crippen molar-refractivity contribution in [1.29, 1.82) is 5.26 Å². The summed E-state index contributed by atoms with van der Waals surface area (Å²) in [6.07, 6.45) is 3.40. The van der Waals surface area contributed by atoms with E-state index in [2.05, 4.69) is 13.0 Å². The molecular weight excluding hydrogens is 237 g/mol. The van der Waals surface area contributed by atoms with Gasteiger partial charge in [0.05, 0.1) is 16.5 Å². The monoisotopic (exact) mass is 251 g/mol. The first-order valence-corrected chi connectivity index (χ1v) is 6.28. The van der Waals surface area contributed by atoms with E-state index in [4.69, 9.17) is 11.6 Å². The number of hydrogen-bond acceptors (Lipinski definition) is 1. The molecule has 3 heteroatoms. The standard InChI is InChI=1S/C14H15ClFN/c1-10-5-6-14(7-10,9-17)8-11-3-2-4-12(16)13(11)15/h2-4,10H,5-8H2,1H3. The number of nitrogens with zero attached hydrogens (tertiary/aromatic N) is 1. The molecule has 0 amide bonds. The van der Waals surface area contributed by atoms with Crippen LogP contribution in [0.3, 0.4) is 0 Å². The molecule has 1 fully saturated rings. The smallest absolute Gasteiger partial charge is 0.142 e. The first kappa shape index (κ1) is 12.4. The molecule has 1 saturated carbocycles. The fraction of sp³-hybridized carbons (Fsp3) is 0.500. The van der Waals surface area contributed by atoms with Crippen molar-refractivity contribution in [3.8, 4) is 6.07 Å². The minimum absolute atomic E-state index is 0.168. The predicted octanol–water partition coefficient (Wildman–Crippen LogP) is 4.35. The minimum atomic E-state index is -0.400. The van der Waals surface area contributed by atoms with Crippen molar-refractivity contribution in [3.05, 3.63) is 34.6 Å². The normalized spacial score (nSPS) is 28.0. The largest absolute Gasteiger partial charge is 0.205 e. The fourth-order valence-corrected chi connectivity index (χ4v) is 2.94. The van der Waals surface area contributed by atoms with E-state index in [0.717, 1.165) is 24.8 Å². The van der Waals surface area contributed by atoms with Crippen molar-refractivity contribution in [2.75, 3.05) is 0 Å². The highest BCUT2D eigenvalue weighted by Crippen LogP contribution is 2.44. The number of nitriles is 1. The van der Waals surface area contributed by atoms with Crippen LogP contribution in [0.25, 0.3) is 0 Å². The van der Waals surface area contributed by atoms with Gasteiger partial charge in [-0.2, -0.15) is 5.26 Å². The van der Waals surface area contributed by atoms with Gasteiger partial charge in [0.2, 0.25) is 0 Å². The first-order valence-electron chi connectivity index (χ1n) is 5.90. The third-order valence-electron chi connectivity index (χ3n) is 3.65. The molecule has 1 aliphatic carbocycles. The molecule has 0 aliphatic heterocycles. The Balaban J connectivity index is 2.26. The Morgan fingerprint density at radius 2 is 2.35 bits per heavy atom. The van der Waals surface area contributed by atoms with Gasteiger partial charge >= 0.3 is 0 Å². The lowest BCUT2D eigenvalue weighted by molar-refractivity contribution is 0.390. The quantitative estimate of drug-likeness (QED) is 0.767. The highest BCUT2D eigenvalue weighted by Gasteiger charge is 2.38. The maximum absolute atomic E-state index is 13.3. The SMILES string of the molecule is CC1CCC(C#N)(Cc2cccc(F)c2Cl)C1. The molecule has 2 unspecified atom stereocenters. The average molecular weight is 252 g/mol. The molecule has 0 heterocycles. The number of hydrogen-bond donors (Lipinski definition) is 0. The Morgan fingerprint density at radius 1 is 1.59 bits per heavy atom. The second kappa shape index (κ2) is 4.66. The van der Waals surface area contributed by atoms with Crippen LogP contribution in [-0.2, 0) is 6.42 Å². The molecule has 0 bridgehead atoms. The average Bonchev–Trinajstić information content (AvgIpc) is 2.68. The minimum Gasteiger partial charge on any atom is -0.205 e. The molecule has 1 nitrogen and oxygen atoms in total. The molecule has 90 valence electrons. The molecule has 0 saturated heterocycles. The summed E-state index contributed by atoms with van der Waals surface area (Å²) < 4.78 is 13.3. The Labute approximate surface area is 106 Å². The summed E-state index contributed by atoms with van der Waals surface area (Å²) in [7, 11) is 0. The summed E-state index contributed by atoms with van der Waals surface area (Å²) >= 11 is 5.94. The molecule has 1 aromatic rings.